The molecule has 0 saturated carbocycles. The zero-order valence-corrected chi connectivity index (χ0v) is 24.2. The van der Waals surface area contributed by atoms with Crippen molar-refractivity contribution in [3.8, 4) is 0 Å². The number of rotatable bonds is 9. The summed E-state index contributed by atoms with van der Waals surface area (Å²) in [5.74, 6) is 1.02. The van der Waals surface area contributed by atoms with Gasteiger partial charge in [0.05, 0.1) is 11.4 Å². The summed E-state index contributed by atoms with van der Waals surface area (Å²) in [7, 11) is 2.13. The van der Waals surface area contributed by atoms with Crippen LogP contribution in [0.2, 0.25) is 0 Å². The van der Waals surface area contributed by atoms with Gasteiger partial charge >= 0.3 is 0 Å². The molecule has 39 heavy (non-hydrogen) atoms. The van der Waals surface area contributed by atoms with Crippen LogP contribution in [-0.2, 0) is 6.42 Å². The van der Waals surface area contributed by atoms with Crippen molar-refractivity contribution in [2.45, 2.75) is 77.9 Å². The lowest BCUT2D eigenvalue weighted by Gasteiger charge is -2.42. The van der Waals surface area contributed by atoms with Gasteiger partial charge in [-0.25, -0.2) is 4.99 Å². The zero-order chi connectivity index (χ0) is 27.4. The van der Waals surface area contributed by atoms with E-state index in [2.05, 4.69) is 103 Å². The number of likely N-dealkylation sites (N-methyl/N-ethyl adjacent to an activating group) is 1. The van der Waals surface area contributed by atoms with Gasteiger partial charge in [-0.1, -0.05) is 58.0 Å². The SMILES string of the molecule is C=C(CCC)N(c1ccccc1)C1CCN(C2=C3NC(c4ccc(CC)cn4)N(C)C3=NC=C(CC)C2)CC1. The monoisotopic (exact) mass is 524 g/mol. The van der Waals surface area contributed by atoms with Crippen molar-refractivity contribution in [3.05, 3.63) is 95.4 Å². The summed E-state index contributed by atoms with van der Waals surface area (Å²) in [4.78, 5) is 17.2. The maximum atomic E-state index is 4.99. The third-order valence-electron chi connectivity index (χ3n) is 8.39. The Labute approximate surface area is 234 Å². The molecule has 206 valence electrons. The number of aryl methyl sites for hydroxylation is 1. The van der Waals surface area contributed by atoms with Crippen molar-refractivity contribution in [2.75, 3.05) is 25.0 Å². The average Bonchev–Trinajstić information content (AvgIpc) is 3.18. The van der Waals surface area contributed by atoms with Gasteiger partial charge in [0.15, 0.2) is 5.84 Å². The number of likely N-dealkylation sites (tertiary alicyclic amines) is 1. The van der Waals surface area contributed by atoms with Gasteiger partial charge in [-0.2, -0.15) is 0 Å². The normalized spacial score (nSPS) is 19.7. The Balaban J connectivity index is 1.40. The number of nitrogens with one attached hydrogen (secondary N) is 1. The molecule has 0 amide bonds. The number of anilines is 1. The van der Waals surface area contributed by atoms with E-state index >= 15 is 0 Å². The molecule has 1 aromatic heterocycles. The summed E-state index contributed by atoms with van der Waals surface area (Å²) in [5.41, 5.74) is 8.70. The molecule has 3 aliphatic heterocycles. The van der Waals surface area contributed by atoms with Crippen LogP contribution in [0.3, 0.4) is 0 Å². The fourth-order valence-corrected chi connectivity index (χ4v) is 6.07. The highest BCUT2D eigenvalue weighted by atomic mass is 15.4. The van der Waals surface area contributed by atoms with E-state index in [1.807, 2.05) is 6.20 Å². The molecule has 2 saturated heterocycles. The number of allylic oxidation sites excluding steroid dienone is 2. The predicted octanol–water partition coefficient (Wildman–Crippen LogP) is 6.77. The van der Waals surface area contributed by atoms with Crippen LogP contribution in [0.5, 0.6) is 0 Å². The van der Waals surface area contributed by atoms with E-state index in [1.165, 1.54) is 28.2 Å². The van der Waals surface area contributed by atoms with Crippen molar-refractivity contribution in [3.63, 3.8) is 0 Å². The standard InChI is InChI=1S/C33H44N6/c1-6-12-24(4)39(27-13-10-9-11-14-27)28-17-19-38(20-18-28)30-21-26(8-3)23-35-33-31(30)36-32(37(33)5)29-16-15-25(7-2)22-34-29/h9-11,13-16,22-23,28,32,36H,4,6-8,12,17-21H2,1-3,5H3. The number of nitrogens with zero attached hydrogens (tertiary/aromatic N) is 5. The van der Waals surface area contributed by atoms with E-state index < -0.39 is 0 Å². The fourth-order valence-electron chi connectivity index (χ4n) is 6.07. The van der Waals surface area contributed by atoms with Crippen LogP contribution in [0.1, 0.15) is 76.7 Å². The molecule has 4 heterocycles. The Bertz CT molecular complexity index is 1230. The van der Waals surface area contributed by atoms with Crippen LogP contribution in [0, 0.1) is 0 Å². The Morgan fingerprint density at radius 2 is 1.82 bits per heavy atom. The van der Waals surface area contributed by atoms with Crippen molar-refractivity contribution >= 4 is 11.5 Å². The van der Waals surface area contributed by atoms with E-state index in [0.29, 0.717) is 6.04 Å². The first-order valence-electron chi connectivity index (χ1n) is 14.7. The minimum Gasteiger partial charge on any atom is -0.373 e. The highest BCUT2D eigenvalue weighted by Gasteiger charge is 2.37. The van der Waals surface area contributed by atoms with Crippen LogP contribution < -0.4 is 10.2 Å². The van der Waals surface area contributed by atoms with Gasteiger partial charge in [-0.15, -0.1) is 0 Å². The molecule has 0 spiro atoms. The number of piperidine rings is 1. The summed E-state index contributed by atoms with van der Waals surface area (Å²) in [6, 6.07) is 15.6. The van der Waals surface area contributed by atoms with Crippen LogP contribution in [0.4, 0.5) is 5.69 Å². The van der Waals surface area contributed by atoms with Gasteiger partial charge in [0.2, 0.25) is 0 Å². The highest BCUT2D eigenvalue weighted by molar-refractivity contribution is 6.01. The molecule has 6 nitrogen and oxygen atoms in total. The van der Waals surface area contributed by atoms with Crippen molar-refractivity contribution < 1.29 is 0 Å². The summed E-state index contributed by atoms with van der Waals surface area (Å²) in [5, 5.41) is 3.84. The molecular weight excluding hydrogens is 480 g/mol. The number of hydrogen-bond acceptors (Lipinski definition) is 6. The second-order valence-electron chi connectivity index (χ2n) is 10.9. The number of hydrogen-bond donors (Lipinski definition) is 1. The quantitative estimate of drug-likeness (QED) is 0.392. The Hall–Kier alpha value is -3.54. The first-order chi connectivity index (χ1) is 19.0. The highest BCUT2D eigenvalue weighted by Crippen LogP contribution is 2.36. The molecule has 1 atom stereocenters. The number of aromatic nitrogens is 1. The van der Waals surface area contributed by atoms with Gasteiger partial charge in [0.1, 0.15) is 6.17 Å². The second-order valence-corrected chi connectivity index (χ2v) is 10.9. The zero-order valence-electron chi connectivity index (χ0n) is 24.2. The van der Waals surface area contributed by atoms with E-state index in [0.717, 1.165) is 75.3 Å². The summed E-state index contributed by atoms with van der Waals surface area (Å²) in [6.07, 6.45) is 11.4. The number of fused-ring (bicyclic) bond motifs is 1. The molecule has 0 bridgehead atoms. The molecule has 2 aromatic rings. The lowest BCUT2D eigenvalue weighted by Crippen LogP contribution is -2.45. The molecule has 1 unspecified atom stereocenters. The van der Waals surface area contributed by atoms with Crippen LogP contribution in [0.15, 0.2) is 89.1 Å². The van der Waals surface area contributed by atoms with Crippen molar-refractivity contribution in [1.29, 1.82) is 0 Å². The van der Waals surface area contributed by atoms with E-state index in [4.69, 9.17) is 9.98 Å². The maximum absolute atomic E-state index is 4.99. The van der Waals surface area contributed by atoms with Gasteiger partial charge < -0.3 is 20.0 Å². The van der Waals surface area contributed by atoms with Crippen LogP contribution >= 0.6 is 0 Å². The summed E-state index contributed by atoms with van der Waals surface area (Å²) < 4.78 is 0. The lowest BCUT2D eigenvalue weighted by atomic mass is 9.98. The van der Waals surface area contributed by atoms with Gasteiger partial charge in [-0.05, 0) is 61.4 Å². The molecule has 2 fully saturated rings. The maximum Gasteiger partial charge on any atom is 0.155 e. The largest absolute Gasteiger partial charge is 0.373 e. The topological polar surface area (TPSA) is 47.0 Å². The molecular formula is C33H44N6. The molecule has 0 aliphatic carbocycles. The lowest BCUT2D eigenvalue weighted by molar-refractivity contribution is 0.253. The smallest absolute Gasteiger partial charge is 0.155 e. The second kappa shape index (κ2) is 12.1. The van der Waals surface area contributed by atoms with Gasteiger partial charge in [-0.3, -0.25) is 4.98 Å². The minimum absolute atomic E-state index is 0.0142. The van der Waals surface area contributed by atoms with Crippen molar-refractivity contribution in [2.24, 2.45) is 4.99 Å². The molecule has 3 aliphatic rings. The van der Waals surface area contributed by atoms with Crippen LogP contribution in [-0.4, -0.2) is 46.8 Å². The number of pyridine rings is 1. The molecule has 1 aromatic carbocycles. The third-order valence-corrected chi connectivity index (χ3v) is 8.39. The Morgan fingerprint density at radius 3 is 2.46 bits per heavy atom. The minimum atomic E-state index is -0.0142. The Morgan fingerprint density at radius 1 is 1.05 bits per heavy atom. The molecule has 5 rings (SSSR count). The average molecular weight is 525 g/mol. The van der Waals surface area contributed by atoms with Gasteiger partial charge in [0.25, 0.3) is 0 Å². The van der Waals surface area contributed by atoms with Crippen LogP contribution in [0.25, 0.3) is 0 Å². The molecule has 1 N–H and O–H groups in total. The third kappa shape index (κ3) is 5.61. The number of para-hydroxylation sites is 1. The fraction of sp³-hybridized carbons (Fsp3) is 0.455. The Kier molecular flexibility index (Phi) is 8.39. The van der Waals surface area contributed by atoms with Crippen molar-refractivity contribution in [1.82, 2.24) is 20.1 Å². The van der Waals surface area contributed by atoms with Gasteiger partial charge in [0, 0.05) is 62.1 Å². The number of amidine groups is 1. The number of aliphatic imine (C=N–C) groups is 1. The molecule has 6 heteroatoms. The summed E-state index contributed by atoms with van der Waals surface area (Å²) in [6.45, 7) is 13.2. The van der Waals surface area contributed by atoms with E-state index in [-0.39, 0.29) is 6.17 Å². The first-order valence-corrected chi connectivity index (χ1v) is 14.7. The summed E-state index contributed by atoms with van der Waals surface area (Å²) >= 11 is 0. The van der Waals surface area contributed by atoms with E-state index in [9.17, 15) is 0 Å². The number of benzene rings is 1. The van der Waals surface area contributed by atoms with E-state index in [1.54, 1.807) is 0 Å². The first kappa shape index (κ1) is 27.0. The predicted molar refractivity (Wildman–Crippen MR) is 162 cm³/mol. The molecule has 0 radical (unpaired) electrons.